The Balaban J connectivity index is 2.94. The van der Waals surface area contributed by atoms with Crippen LogP contribution in [0.2, 0.25) is 0 Å². The van der Waals surface area contributed by atoms with Crippen LogP contribution in [0.3, 0.4) is 0 Å². The van der Waals surface area contributed by atoms with Gasteiger partial charge in [0.2, 0.25) is 0 Å². The number of phosphoric acid groups is 1. The number of rotatable bonds is 5. The molecule has 0 saturated carbocycles. The van der Waals surface area contributed by atoms with Gasteiger partial charge in [0.25, 0.3) is 0 Å². The Labute approximate surface area is 102 Å². The van der Waals surface area contributed by atoms with Crippen LogP contribution in [0.4, 0.5) is 0 Å². The summed E-state index contributed by atoms with van der Waals surface area (Å²) >= 11 is 0. The zero-order valence-corrected chi connectivity index (χ0v) is 9.95. The largest absolute Gasteiger partial charge is 0.524 e. The molecule has 0 fully saturated rings. The molecule has 0 saturated heterocycles. The number of aromatic hydroxyl groups is 1. The molecular formula is C9H12NO7P. The van der Waals surface area contributed by atoms with Crippen LogP contribution in [0.15, 0.2) is 18.2 Å². The van der Waals surface area contributed by atoms with E-state index in [1.165, 1.54) is 6.07 Å². The Morgan fingerprint density at radius 2 is 2.06 bits per heavy atom. The molecular weight excluding hydrogens is 265 g/mol. The molecule has 1 aromatic carbocycles. The van der Waals surface area contributed by atoms with E-state index in [1.807, 2.05) is 0 Å². The summed E-state index contributed by atoms with van der Waals surface area (Å²) in [6.45, 7) is 0. The van der Waals surface area contributed by atoms with Crippen molar-refractivity contribution in [1.82, 2.24) is 0 Å². The van der Waals surface area contributed by atoms with Gasteiger partial charge in [0.15, 0.2) is 11.5 Å². The van der Waals surface area contributed by atoms with Crippen molar-refractivity contribution >= 4 is 13.8 Å². The average molecular weight is 277 g/mol. The van der Waals surface area contributed by atoms with Crippen LogP contribution in [0, 0.1) is 0 Å². The Kier molecular flexibility index (Phi) is 4.31. The van der Waals surface area contributed by atoms with Crippen molar-refractivity contribution in [3.8, 4) is 11.5 Å². The molecule has 0 aromatic heterocycles. The first-order valence-corrected chi connectivity index (χ1v) is 6.27. The highest BCUT2D eigenvalue weighted by atomic mass is 31.2. The number of hydrogen-bond donors (Lipinski definition) is 5. The summed E-state index contributed by atoms with van der Waals surface area (Å²) in [5.74, 6) is -2.11. The van der Waals surface area contributed by atoms with Crippen molar-refractivity contribution in [3.05, 3.63) is 23.8 Å². The monoisotopic (exact) mass is 277 g/mol. The third-order valence-electron chi connectivity index (χ3n) is 2.01. The van der Waals surface area contributed by atoms with Crippen molar-refractivity contribution < 1.29 is 33.9 Å². The van der Waals surface area contributed by atoms with Gasteiger partial charge in [0.1, 0.15) is 6.04 Å². The number of carboxylic acid groups (broad SMARTS) is 1. The summed E-state index contributed by atoms with van der Waals surface area (Å²) in [7, 11) is -4.80. The number of benzene rings is 1. The molecule has 100 valence electrons. The van der Waals surface area contributed by atoms with E-state index in [0.717, 1.165) is 12.1 Å². The van der Waals surface area contributed by atoms with Crippen molar-refractivity contribution in [3.63, 3.8) is 0 Å². The average Bonchev–Trinajstić information content (AvgIpc) is 2.20. The van der Waals surface area contributed by atoms with Crippen LogP contribution in [0.1, 0.15) is 5.56 Å². The minimum Gasteiger partial charge on any atom is -0.504 e. The lowest BCUT2D eigenvalue weighted by atomic mass is 10.1. The number of phenolic OH excluding ortho intramolecular Hbond substituents is 1. The Hall–Kier alpha value is -1.60. The van der Waals surface area contributed by atoms with Gasteiger partial charge in [-0.3, -0.25) is 14.6 Å². The minimum absolute atomic E-state index is 0.0624. The maximum absolute atomic E-state index is 10.6. The predicted molar refractivity (Wildman–Crippen MR) is 60.1 cm³/mol. The fourth-order valence-electron chi connectivity index (χ4n) is 1.23. The van der Waals surface area contributed by atoms with Crippen molar-refractivity contribution in [2.45, 2.75) is 12.5 Å². The Bertz CT molecular complexity index is 498. The third-order valence-corrected chi connectivity index (χ3v) is 2.45. The van der Waals surface area contributed by atoms with Gasteiger partial charge in [-0.05, 0) is 24.1 Å². The highest BCUT2D eigenvalue weighted by molar-refractivity contribution is 7.46. The molecule has 0 aliphatic carbocycles. The highest BCUT2D eigenvalue weighted by Gasteiger charge is 2.20. The predicted octanol–water partition coefficient (Wildman–Crippen LogP) is -0.182. The topological polar surface area (TPSA) is 150 Å². The Morgan fingerprint density at radius 3 is 2.56 bits per heavy atom. The van der Waals surface area contributed by atoms with E-state index in [9.17, 15) is 14.5 Å². The lowest BCUT2D eigenvalue weighted by Gasteiger charge is -2.11. The maximum atomic E-state index is 10.6. The SMILES string of the molecule is NC(Cc1ccc(O)c(OP(=O)(O)O)c1)C(=O)O. The van der Waals surface area contributed by atoms with Crippen LogP contribution in [-0.4, -0.2) is 32.0 Å². The minimum atomic E-state index is -4.80. The summed E-state index contributed by atoms with van der Waals surface area (Å²) in [6.07, 6.45) is -0.0624. The molecule has 0 amide bonds. The van der Waals surface area contributed by atoms with E-state index >= 15 is 0 Å². The summed E-state index contributed by atoms with van der Waals surface area (Å²) in [6, 6.07) is 2.48. The van der Waals surface area contributed by atoms with Gasteiger partial charge in [-0.1, -0.05) is 6.07 Å². The summed E-state index contributed by atoms with van der Waals surface area (Å²) in [4.78, 5) is 27.8. The molecule has 8 nitrogen and oxygen atoms in total. The van der Waals surface area contributed by atoms with E-state index in [1.54, 1.807) is 0 Å². The third kappa shape index (κ3) is 4.34. The second-order valence-corrected chi connectivity index (χ2v) is 4.70. The quantitative estimate of drug-likeness (QED) is 0.465. The fraction of sp³-hybridized carbons (Fsp3) is 0.222. The molecule has 1 atom stereocenters. The molecule has 18 heavy (non-hydrogen) atoms. The first kappa shape index (κ1) is 14.5. The first-order chi connectivity index (χ1) is 8.19. The van der Waals surface area contributed by atoms with Gasteiger partial charge < -0.3 is 20.5 Å². The van der Waals surface area contributed by atoms with E-state index in [2.05, 4.69) is 4.52 Å². The zero-order chi connectivity index (χ0) is 13.9. The van der Waals surface area contributed by atoms with Crippen molar-refractivity contribution in [1.29, 1.82) is 0 Å². The smallest absolute Gasteiger partial charge is 0.504 e. The maximum Gasteiger partial charge on any atom is 0.524 e. The molecule has 0 radical (unpaired) electrons. The zero-order valence-electron chi connectivity index (χ0n) is 9.05. The van der Waals surface area contributed by atoms with Gasteiger partial charge in [-0.25, -0.2) is 4.57 Å². The van der Waals surface area contributed by atoms with E-state index in [4.69, 9.17) is 20.6 Å². The molecule has 0 bridgehead atoms. The second-order valence-electron chi connectivity index (χ2n) is 3.53. The molecule has 1 aromatic rings. The molecule has 6 N–H and O–H groups in total. The van der Waals surface area contributed by atoms with E-state index < -0.39 is 31.3 Å². The number of carboxylic acids is 1. The van der Waals surface area contributed by atoms with Gasteiger partial charge >= 0.3 is 13.8 Å². The van der Waals surface area contributed by atoms with Crippen LogP contribution >= 0.6 is 7.82 Å². The number of carbonyl (C=O) groups is 1. The van der Waals surface area contributed by atoms with Gasteiger partial charge in [0.05, 0.1) is 0 Å². The fourth-order valence-corrected chi connectivity index (χ4v) is 1.63. The molecule has 0 spiro atoms. The van der Waals surface area contributed by atoms with Gasteiger partial charge in [0, 0.05) is 0 Å². The van der Waals surface area contributed by atoms with E-state index in [-0.39, 0.29) is 6.42 Å². The van der Waals surface area contributed by atoms with Gasteiger partial charge in [-0.2, -0.15) is 0 Å². The Morgan fingerprint density at radius 1 is 1.44 bits per heavy atom. The number of phenols is 1. The van der Waals surface area contributed by atoms with Crippen molar-refractivity contribution in [2.24, 2.45) is 5.73 Å². The number of nitrogens with two attached hydrogens (primary N) is 1. The summed E-state index contributed by atoms with van der Waals surface area (Å²) in [5, 5.41) is 17.9. The summed E-state index contributed by atoms with van der Waals surface area (Å²) in [5.41, 5.74) is 5.67. The van der Waals surface area contributed by atoms with Gasteiger partial charge in [-0.15, -0.1) is 0 Å². The number of phosphoric ester groups is 1. The normalized spacial score (nSPS) is 13.1. The molecule has 9 heteroatoms. The molecule has 1 rings (SSSR count). The number of aliphatic carboxylic acids is 1. The van der Waals surface area contributed by atoms with Crippen LogP contribution < -0.4 is 10.3 Å². The molecule has 0 heterocycles. The van der Waals surface area contributed by atoms with E-state index in [0.29, 0.717) is 5.56 Å². The standard InChI is InChI=1S/C9H12NO7P/c10-6(9(12)13)3-5-1-2-7(11)8(4-5)17-18(14,15)16/h1-2,4,6,11H,3,10H2,(H,12,13)(H2,14,15,16). The lowest BCUT2D eigenvalue weighted by molar-refractivity contribution is -0.138. The second kappa shape index (κ2) is 5.36. The van der Waals surface area contributed by atoms with Crippen LogP contribution in [-0.2, 0) is 15.8 Å². The van der Waals surface area contributed by atoms with Crippen LogP contribution in [0.25, 0.3) is 0 Å². The lowest BCUT2D eigenvalue weighted by Crippen LogP contribution is -2.32. The molecule has 0 aliphatic rings. The first-order valence-electron chi connectivity index (χ1n) is 4.74. The number of hydrogen-bond acceptors (Lipinski definition) is 5. The molecule has 0 aliphatic heterocycles. The van der Waals surface area contributed by atoms with Crippen molar-refractivity contribution in [2.75, 3.05) is 0 Å². The summed E-state index contributed by atoms with van der Waals surface area (Å²) < 4.78 is 14.9. The van der Waals surface area contributed by atoms with Crippen LogP contribution in [0.5, 0.6) is 11.5 Å². The highest BCUT2D eigenvalue weighted by Crippen LogP contribution is 2.41. The molecule has 1 unspecified atom stereocenters.